The van der Waals surface area contributed by atoms with Crippen LogP contribution in [0.4, 0.5) is 0 Å². The van der Waals surface area contributed by atoms with Gasteiger partial charge in [-0.15, -0.1) is 0 Å². The Morgan fingerprint density at radius 3 is 2.26 bits per heavy atom. The number of benzene rings is 1. The van der Waals surface area contributed by atoms with Gasteiger partial charge in [0.1, 0.15) is 0 Å². The van der Waals surface area contributed by atoms with Crippen LogP contribution < -0.4 is 0 Å². The second-order valence-corrected chi connectivity index (χ2v) is 9.29. The van der Waals surface area contributed by atoms with Gasteiger partial charge in [0.25, 0.3) is 0 Å². The molecule has 0 aromatic heterocycles. The number of piperidine rings is 1. The van der Waals surface area contributed by atoms with E-state index in [0.29, 0.717) is 23.6 Å². The molecule has 0 aliphatic carbocycles. The highest BCUT2D eigenvalue weighted by Gasteiger charge is 2.31. The molecule has 0 amide bonds. The molecule has 4 nitrogen and oxygen atoms in total. The molecule has 2 saturated heterocycles. The summed E-state index contributed by atoms with van der Waals surface area (Å²) in [6.45, 7) is 8.14. The van der Waals surface area contributed by atoms with E-state index in [-0.39, 0.29) is 0 Å². The fourth-order valence-electron chi connectivity index (χ4n) is 3.98. The first-order valence-corrected chi connectivity index (χ1v) is 10.5. The first kappa shape index (κ1) is 16.9. The van der Waals surface area contributed by atoms with Gasteiger partial charge >= 0.3 is 0 Å². The van der Waals surface area contributed by atoms with Crippen LogP contribution in [0.5, 0.6) is 0 Å². The quantitative estimate of drug-likeness (QED) is 0.849. The Balaban J connectivity index is 1.55. The van der Waals surface area contributed by atoms with Gasteiger partial charge in [-0.05, 0) is 37.8 Å². The van der Waals surface area contributed by atoms with Crippen molar-refractivity contribution in [1.82, 2.24) is 9.80 Å². The van der Waals surface area contributed by atoms with Gasteiger partial charge in [0.05, 0.1) is 11.5 Å². The number of aryl methyl sites for hydroxylation is 1. The molecule has 3 rings (SSSR count). The van der Waals surface area contributed by atoms with Gasteiger partial charge in [-0.3, -0.25) is 9.80 Å². The first-order chi connectivity index (χ1) is 11.0. The maximum absolute atomic E-state index is 11.6. The summed E-state index contributed by atoms with van der Waals surface area (Å²) in [5.74, 6) is 0.680. The van der Waals surface area contributed by atoms with Crippen molar-refractivity contribution in [3.05, 3.63) is 35.4 Å². The van der Waals surface area contributed by atoms with Crippen molar-refractivity contribution in [2.45, 2.75) is 38.8 Å². The molecule has 0 spiro atoms. The molecule has 1 aromatic rings. The largest absolute Gasteiger partial charge is 0.298 e. The highest BCUT2D eigenvalue weighted by molar-refractivity contribution is 7.91. The Labute approximate surface area is 140 Å². The summed E-state index contributed by atoms with van der Waals surface area (Å²) in [5.41, 5.74) is 2.79. The molecule has 2 aliphatic rings. The van der Waals surface area contributed by atoms with Crippen LogP contribution in [-0.2, 0) is 9.84 Å². The minimum atomic E-state index is -2.77. The average Bonchev–Trinajstić information content (AvgIpc) is 2.55. The van der Waals surface area contributed by atoms with E-state index in [0.717, 1.165) is 39.0 Å². The van der Waals surface area contributed by atoms with Gasteiger partial charge in [-0.25, -0.2) is 8.42 Å². The number of rotatable bonds is 3. The van der Waals surface area contributed by atoms with Crippen molar-refractivity contribution in [2.75, 3.05) is 37.7 Å². The molecular formula is C18H28N2O2S. The zero-order chi connectivity index (χ0) is 16.4. The number of hydrogen-bond donors (Lipinski definition) is 0. The normalized spacial score (nSPS) is 25.3. The molecule has 2 heterocycles. The second-order valence-electron chi connectivity index (χ2n) is 6.99. The predicted octanol–water partition coefficient (Wildman–Crippen LogP) is 2.25. The fraction of sp³-hybridized carbons (Fsp3) is 0.667. The van der Waals surface area contributed by atoms with E-state index >= 15 is 0 Å². The lowest BCUT2D eigenvalue weighted by atomic mass is 9.97. The molecule has 23 heavy (non-hydrogen) atoms. The van der Waals surface area contributed by atoms with Crippen molar-refractivity contribution in [2.24, 2.45) is 0 Å². The summed E-state index contributed by atoms with van der Waals surface area (Å²) in [4.78, 5) is 4.97. The summed E-state index contributed by atoms with van der Waals surface area (Å²) in [7, 11) is -2.77. The minimum absolute atomic E-state index is 0.340. The van der Waals surface area contributed by atoms with Gasteiger partial charge in [0.15, 0.2) is 9.84 Å². The monoisotopic (exact) mass is 336 g/mol. The number of sulfone groups is 1. The van der Waals surface area contributed by atoms with E-state index < -0.39 is 9.84 Å². The van der Waals surface area contributed by atoms with Gasteiger partial charge in [0, 0.05) is 38.3 Å². The zero-order valence-electron chi connectivity index (χ0n) is 14.2. The van der Waals surface area contributed by atoms with Crippen LogP contribution in [0.25, 0.3) is 0 Å². The first-order valence-electron chi connectivity index (χ1n) is 8.70. The van der Waals surface area contributed by atoms with E-state index in [9.17, 15) is 8.42 Å². The highest BCUT2D eigenvalue weighted by atomic mass is 32.2. The molecule has 2 fully saturated rings. The van der Waals surface area contributed by atoms with E-state index in [2.05, 4.69) is 47.9 Å². The Morgan fingerprint density at radius 2 is 1.65 bits per heavy atom. The van der Waals surface area contributed by atoms with Crippen LogP contribution in [-0.4, -0.2) is 61.9 Å². The summed E-state index contributed by atoms with van der Waals surface area (Å²) in [6, 6.07) is 9.67. The van der Waals surface area contributed by atoms with Crippen LogP contribution in [0.15, 0.2) is 24.3 Å². The molecular weight excluding hydrogens is 308 g/mol. The van der Waals surface area contributed by atoms with Crippen LogP contribution in [0.1, 0.15) is 36.9 Å². The minimum Gasteiger partial charge on any atom is -0.298 e. The predicted molar refractivity (Wildman–Crippen MR) is 94.4 cm³/mol. The van der Waals surface area contributed by atoms with Crippen molar-refractivity contribution in [1.29, 1.82) is 0 Å². The molecule has 0 N–H and O–H groups in total. The maximum atomic E-state index is 11.6. The number of nitrogens with zero attached hydrogens (tertiary/aromatic N) is 2. The molecule has 1 aromatic carbocycles. The van der Waals surface area contributed by atoms with Crippen LogP contribution in [0.2, 0.25) is 0 Å². The summed E-state index contributed by atoms with van der Waals surface area (Å²) >= 11 is 0. The third kappa shape index (κ3) is 3.95. The van der Waals surface area contributed by atoms with E-state index in [1.807, 2.05) is 0 Å². The SMILES string of the molecule is Cc1ccccc1C(C)N1CCC(N2CCS(=O)(=O)CC2)CC1. The summed E-state index contributed by atoms with van der Waals surface area (Å²) in [5, 5.41) is 0. The average molecular weight is 337 g/mol. The molecule has 2 aliphatic heterocycles. The lowest BCUT2D eigenvalue weighted by Gasteiger charge is -2.42. The Kier molecular flexibility index (Phi) is 5.09. The number of hydrogen-bond acceptors (Lipinski definition) is 4. The van der Waals surface area contributed by atoms with E-state index in [4.69, 9.17) is 0 Å². The molecule has 0 radical (unpaired) electrons. The number of likely N-dealkylation sites (tertiary alicyclic amines) is 1. The van der Waals surface area contributed by atoms with Gasteiger partial charge in [-0.1, -0.05) is 24.3 Å². The molecule has 1 atom stereocenters. The Hall–Kier alpha value is -0.910. The lowest BCUT2D eigenvalue weighted by Crippen LogP contribution is -2.50. The smallest absolute Gasteiger partial charge is 0.152 e. The lowest BCUT2D eigenvalue weighted by molar-refractivity contribution is 0.0925. The second kappa shape index (κ2) is 6.91. The standard InChI is InChI=1S/C18H28N2O2S/c1-15-5-3-4-6-18(15)16(2)19-9-7-17(8-10-19)20-11-13-23(21,22)14-12-20/h3-6,16-17H,7-14H2,1-2H3. The molecule has 5 heteroatoms. The highest BCUT2D eigenvalue weighted by Crippen LogP contribution is 2.28. The fourth-order valence-corrected chi connectivity index (χ4v) is 5.21. The Morgan fingerprint density at radius 1 is 1.04 bits per heavy atom. The maximum Gasteiger partial charge on any atom is 0.152 e. The zero-order valence-corrected chi connectivity index (χ0v) is 15.1. The van der Waals surface area contributed by atoms with Crippen molar-refractivity contribution in [3.63, 3.8) is 0 Å². The van der Waals surface area contributed by atoms with Crippen molar-refractivity contribution in [3.8, 4) is 0 Å². The Bertz CT molecular complexity index is 622. The molecule has 0 bridgehead atoms. The van der Waals surface area contributed by atoms with E-state index in [1.54, 1.807) is 0 Å². The van der Waals surface area contributed by atoms with Crippen LogP contribution >= 0.6 is 0 Å². The van der Waals surface area contributed by atoms with Gasteiger partial charge in [0.2, 0.25) is 0 Å². The molecule has 128 valence electrons. The van der Waals surface area contributed by atoms with Crippen LogP contribution in [0.3, 0.4) is 0 Å². The van der Waals surface area contributed by atoms with Gasteiger partial charge < -0.3 is 0 Å². The molecule has 1 unspecified atom stereocenters. The third-order valence-corrected chi connectivity index (χ3v) is 7.19. The third-order valence-electron chi connectivity index (χ3n) is 5.58. The van der Waals surface area contributed by atoms with Crippen molar-refractivity contribution < 1.29 is 8.42 Å². The van der Waals surface area contributed by atoms with Crippen LogP contribution in [0, 0.1) is 6.92 Å². The van der Waals surface area contributed by atoms with Crippen molar-refractivity contribution >= 4 is 9.84 Å². The van der Waals surface area contributed by atoms with E-state index in [1.165, 1.54) is 11.1 Å². The molecule has 0 saturated carbocycles. The van der Waals surface area contributed by atoms with Gasteiger partial charge in [-0.2, -0.15) is 0 Å². The topological polar surface area (TPSA) is 40.6 Å². The summed E-state index contributed by atoms with van der Waals surface area (Å²) < 4.78 is 23.1. The summed E-state index contributed by atoms with van der Waals surface area (Å²) in [6.07, 6.45) is 2.30.